The highest BCUT2D eigenvalue weighted by molar-refractivity contribution is 5.54. The number of rotatable bonds is 33. The van der Waals surface area contributed by atoms with Gasteiger partial charge in [0.1, 0.15) is 189 Å². The first-order valence-electron chi connectivity index (χ1n) is 33.6. The van der Waals surface area contributed by atoms with Crippen LogP contribution in [0.3, 0.4) is 0 Å². The molecule has 43 heteroatoms. The minimum absolute atomic E-state index is 0.0208. The van der Waals surface area contributed by atoms with Gasteiger partial charge < -0.3 is 214 Å². The van der Waals surface area contributed by atoms with E-state index < -0.39 is 310 Å². The van der Waals surface area contributed by atoms with E-state index in [1.807, 2.05) is 0 Å². The van der Waals surface area contributed by atoms with Crippen LogP contribution in [-0.4, -0.2) is 456 Å². The van der Waals surface area contributed by atoms with Crippen LogP contribution in [-0.2, 0) is 75.8 Å². The molecule has 8 rings (SSSR count). The largest absolute Gasteiger partial charge is 0.396 e. The number of aliphatic hydroxyl groups excluding tert-OH is 27. The number of ether oxygens (including phenoxy) is 15. The van der Waals surface area contributed by atoms with Gasteiger partial charge in [0.05, 0.1) is 64.6 Å². The predicted molar refractivity (Wildman–Crippen MR) is 317 cm³/mol. The lowest BCUT2D eigenvalue weighted by Crippen LogP contribution is -2.63. The summed E-state index contributed by atoms with van der Waals surface area (Å²) >= 11 is 0. The zero-order valence-electron chi connectivity index (χ0n) is 54.7. The molecule has 1 saturated carbocycles. The number of aliphatic hydroxyl groups is 27. The van der Waals surface area contributed by atoms with Crippen LogP contribution in [0.1, 0.15) is 38.5 Å². The number of aldehydes is 1. The molecule has 0 bridgehead atoms. The van der Waals surface area contributed by atoms with Gasteiger partial charge in [-0.25, -0.2) is 0 Å². The van der Waals surface area contributed by atoms with Crippen molar-refractivity contribution in [2.75, 3.05) is 66.1 Å². The molecular weight excluding hydrogens is 1400 g/mol. The summed E-state index contributed by atoms with van der Waals surface area (Å²) in [5, 5.41) is 284. The number of carbonyl (C=O) groups excluding carboxylic acids is 1. The van der Waals surface area contributed by atoms with Crippen LogP contribution < -0.4 is 0 Å². The van der Waals surface area contributed by atoms with E-state index in [2.05, 4.69) is 0 Å². The molecule has 7 saturated heterocycles. The van der Waals surface area contributed by atoms with Crippen molar-refractivity contribution in [3.63, 3.8) is 0 Å². The van der Waals surface area contributed by atoms with Crippen molar-refractivity contribution >= 4 is 6.29 Å². The van der Waals surface area contributed by atoms with E-state index in [4.69, 9.17) is 71.1 Å². The molecule has 0 aromatic rings. The fourth-order valence-electron chi connectivity index (χ4n) is 12.9. The summed E-state index contributed by atoms with van der Waals surface area (Å²) in [5.41, 5.74) is 0. The van der Waals surface area contributed by atoms with Gasteiger partial charge in [-0.05, 0) is 38.5 Å². The minimum Gasteiger partial charge on any atom is -0.396 e. The molecule has 1 aliphatic carbocycles. The van der Waals surface area contributed by atoms with Crippen LogP contribution in [0.25, 0.3) is 0 Å². The molecule has 42 atom stereocenters. The molecule has 0 aromatic carbocycles. The average molecular weight is 1500 g/mol. The Balaban J connectivity index is 0.727. The fourth-order valence-corrected chi connectivity index (χ4v) is 12.9. The van der Waals surface area contributed by atoms with Gasteiger partial charge in [-0.15, -0.1) is 0 Å². The molecule has 0 aromatic heterocycles. The van der Waals surface area contributed by atoms with Crippen molar-refractivity contribution in [2.45, 2.75) is 284 Å². The second kappa shape index (κ2) is 39.1. The smallest absolute Gasteiger partial charge is 0.186 e. The maximum atomic E-state index is 12.1. The lowest BCUT2D eigenvalue weighted by molar-refractivity contribution is -0.347. The Hall–Kier alpha value is -2.01. The zero-order chi connectivity index (χ0) is 74.9. The van der Waals surface area contributed by atoms with Crippen LogP contribution in [0.4, 0.5) is 0 Å². The number of hydrogen-bond donors (Lipinski definition) is 27. The number of hydrogen-bond acceptors (Lipinski definition) is 43. The molecule has 2 unspecified atom stereocenters. The molecule has 27 N–H and O–H groups in total. The molecule has 7 aliphatic heterocycles. The Morgan fingerprint density at radius 1 is 0.284 bits per heavy atom. The molecule has 0 radical (unpaired) electrons. The Labute approximate surface area is 580 Å². The topological polar surface area (TPSA) is 702 Å². The van der Waals surface area contributed by atoms with E-state index in [1.54, 1.807) is 0 Å². The van der Waals surface area contributed by atoms with Gasteiger partial charge in [-0.1, -0.05) is 0 Å². The SMILES string of the molecule is O=CC(CCCO[C@@H]1O[C@H](CO[C@@H]2O[C@H](CO[C@@H]3O[C@H](CO[C@@H]4O[C@H](CO)[C@@H](O)[C@H](O)[C@H]4O)[C@@H](O)[C@H](O)[C@H]3O)[C@@H](O)[C@H](O)[C@H]2O)[C@@H](O)[C@H](O)[C@H]1O)C(O)CCCCO[C@@H]1O[C@H](CO[C@@H]2O[C@H](CO[C@@H]3O[C@H](CO[C@@H]4C[C@H](CO)[C@@H](O)[C@H](O)[C@H]4O)[C@@H](O)[C@H](O)[C@H]3O)[C@@H](O)[C@H](O)[C@H]2O)[C@@H](O)[C@H](O)[C@H]1O. The Bertz CT molecular complexity index is 2440. The maximum Gasteiger partial charge on any atom is 0.186 e. The van der Waals surface area contributed by atoms with E-state index in [9.17, 15) is 143 Å². The minimum atomic E-state index is -2.00. The summed E-state index contributed by atoms with van der Waals surface area (Å²) in [6.07, 6.45) is -68.7. The van der Waals surface area contributed by atoms with Gasteiger partial charge in [-0.2, -0.15) is 0 Å². The second-order valence-electron chi connectivity index (χ2n) is 26.7. The summed E-state index contributed by atoms with van der Waals surface area (Å²) in [6, 6.07) is 0. The highest BCUT2D eigenvalue weighted by Crippen LogP contribution is 2.34. The maximum absolute atomic E-state index is 12.1. The van der Waals surface area contributed by atoms with Gasteiger partial charge in [-0.3, -0.25) is 0 Å². The lowest BCUT2D eigenvalue weighted by Gasteiger charge is -2.44. The molecule has 43 nitrogen and oxygen atoms in total. The first-order valence-corrected chi connectivity index (χ1v) is 33.6. The summed E-state index contributed by atoms with van der Waals surface area (Å²) < 4.78 is 83.7. The van der Waals surface area contributed by atoms with E-state index in [1.165, 1.54) is 0 Å². The van der Waals surface area contributed by atoms with Gasteiger partial charge in [0.25, 0.3) is 0 Å². The second-order valence-corrected chi connectivity index (χ2v) is 26.7. The normalized spacial score (nSPS) is 48.9. The van der Waals surface area contributed by atoms with Crippen LogP contribution in [0.5, 0.6) is 0 Å². The van der Waals surface area contributed by atoms with E-state index >= 15 is 0 Å². The molecule has 0 amide bonds. The summed E-state index contributed by atoms with van der Waals surface area (Å²) in [6.45, 7) is -6.02. The molecule has 8 fully saturated rings. The van der Waals surface area contributed by atoms with E-state index in [-0.39, 0.29) is 51.7 Å². The third-order valence-electron chi connectivity index (χ3n) is 19.6. The quantitative estimate of drug-likeness (QED) is 0.0214. The van der Waals surface area contributed by atoms with Crippen molar-refractivity contribution in [2.24, 2.45) is 11.8 Å². The number of unbranched alkanes of at least 4 members (excludes halogenated alkanes) is 1. The summed E-state index contributed by atoms with van der Waals surface area (Å²) in [7, 11) is 0. The van der Waals surface area contributed by atoms with E-state index in [0.29, 0.717) is 6.29 Å². The first-order chi connectivity index (χ1) is 48.3. The molecule has 102 heavy (non-hydrogen) atoms. The monoisotopic (exact) mass is 1500 g/mol. The van der Waals surface area contributed by atoms with Crippen LogP contribution in [0.15, 0.2) is 0 Å². The van der Waals surface area contributed by atoms with Crippen molar-refractivity contribution in [3.8, 4) is 0 Å². The van der Waals surface area contributed by atoms with Gasteiger partial charge in [0.2, 0.25) is 0 Å². The van der Waals surface area contributed by atoms with Gasteiger partial charge in [0.15, 0.2) is 44.0 Å². The summed E-state index contributed by atoms with van der Waals surface area (Å²) in [4.78, 5) is 12.1. The van der Waals surface area contributed by atoms with Crippen LogP contribution in [0.2, 0.25) is 0 Å². The fraction of sp³-hybridized carbons (Fsp3) is 0.983. The molecule has 8 aliphatic rings. The lowest BCUT2D eigenvalue weighted by atomic mass is 9.81. The Morgan fingerprint density at radius 3 is 0.843 bits per heavy atom. The predicted octanol–water partition coefficient (Wildman–Crippen LogP) is -16.6. The van der Waals surface area contributed by atoms with Gasteiger partial charge in [0, 0.05) is 31.7 Å². The number of carbonyl (C=O) groups is 1. The molecule has 596 valence electrons. The Kier molecular flexibility index (Phi) is 32.8. The highest BCUT2D eigenvalue weighted by atomic mass is 16.8. The highest BCUT2D eigenvalue weighted by Gasteiger charge is 2.54. The standard InChI is InChI=1S/C59H102O43/c60-9-18(4-3-7-89-54-47(82)41(76)34(69)25(98-54)14-93-58-51(86)45(80)37(72)28(102-58)17-95-59-52(87)43(78)35(70)26(100-59)15-91-55-48(83)39(74)31(66)22(11-62)96-55)20(63)5-1-2-6-88-53-46(81)40(75)33(68)24(97-53)13-92-57-50(85)44(79)36(71)27(101-57)16-94-56-49(84)42(77)32(67)23(99-56)12-90-21-8-19(10-61)29(64)38(73)30(21)65/h9,18-59,61-87H,1-8,10-17H2/t18?,19-,20?,21-,22-,23-,24-,25-,26-,27-,28-,29-,30+,31-,32-,33-,34-,35-,36-,37-,38+,39+,40+,41+,42+,43+,44+,45+,46-,47-,48-,49-,50-,51-,52-,53-,54-,55-,56-,57-,58-,59-/m1/s1. The van der Waals surface area contributed by atoms with Crippen molar-refractivity contribution < 1.29 is 214 Å². The van der Waals surface area contributed by atoms with Gasteiger partial charge >= 0.3 is 0 Å². The zero-order valence-corrected chi connectivity index (χ0v) is 54.7. The third-order valence-corrected chi connectivity index (χ3v) is 19.6. The van der Waals surface area contributed by atoms with Crippen molar-refractivity contribution in [1.29, 1.82) is 0 Å². The molecule has 0 spiro atoms. The van der Waals surface area contributed by atoms with Crippen LogP contribution >= 0.6 is 0 Å². The van der Waals surface area contributed by atoms with E-state index in [0.717, 1.165) is 0 Å². The van der Waals surface area contributed by atoms with Crippen LogP contribution in [0, 0.1) is 11.8 Å². The van der Waals surface area contributed by atoms with Crippen molar-refractivity contribution in [1.82, 2.24) is 0 Å². The molecule has 7 heterocycles. The molecular formula is C59H102O43. The van der Waals surface area contributed by atoms with Crippen molar-refractivity contribution in [3.05, 3.63) is 0 Å². The third kappa shape index (κ3) is 20.3. The summed E-state index contributed by atoms with van der Waals surface area (Å²) in [5.74, 6) is -1.84. The Morgan fingerprint density at radius 2 is 0.549 bits per heavy atom. The first kappa shape index (κ1) is 85.6. The average Bonchev–Trinajstić information content (AvgIpc) is 0.804.